The van der Waals surface area contributed by atoms with Crippen molar-refractivity contribution in [3.8, 4) is 16.9 Å². The zero-order chi connectivity index (χ0) is 29.6. The van der Waals surface area contributed by atoms with Crippen molar-refractivity contribution >= 4 is 21.7 Å². The van der Waals surface area contributed by atoms with E-state index in [0.29, 0.717) is 29.0 Å². The molecule has 3 aromatic carbocycles. The van der Waals surface area contributed by atoms with Gasteiger partial charge in [0.1, 0.15) is 39.4 Å². The molecule has 41 heavy (non-hydrogen) atoms. The Labute approximate surface area is 235 Å². The minimum atomic E-state index is -3.46. The van der Waals surface area contributed by atoms with E-state index < -0.39 is 51.2 Å². The zero-order valence-electron chi connectivity index (χ0n) is 21.9. The van der Waals surface area contributed by atoms with Crippen molar-refractivity contribution in [2.45, 2.75) is 25.1 Å². The molecule has 214 valence electrons. The van der Waals surface area contributed by atoms with Gasteiger partial charge in [-0.15, -0.1) is 0 Å². The Morgan fingerprint density at radius 3 is 2.27 bits per heavy atom. The van der Waals surface area contributed by atoms with E-state index >= 15 is 0 Å². The first-order chi connectivity index (χ1) is 19.5. The van der Waals surface area contributed by atoms with Gasteiger partial charge in [-0.3, -0.25) is 4.79 Å². The minimum absolute atomic E-state index is 0.0718. The molecule has 0 radical (unpaired) electrons. The number of nitrogens with zero attached hydrogens (tertiary/aromatic N) is 2. The highest BCUT2D eigenvalue weighted by Crippen LogP contribution is 2.32. The predicted molar refractivity (Wildman–Crippen MR) is 147 cm³/mol. The van der Waals surface area contributed by atoms with E-state index in [0.717, 1.165) is 6.26 Å². The first-order valence-corrected chi connectivity index (χ1v) is 14.5. The summed E-state index contributed by atoms with van der Waals surface area (Å²) in [6.07, 6.45) is 5.05. The number of imidazole rings is 1. The van der Waals surface area contributed by atoms with E-state index in [2.05, 4.69) is 10.3 Å². The van der Waals surface area contributed by atoms with Crippen LogP contribution in [0.2, 0.25) is 0 Å². The number of amides is 1. The monoisotopic (exact) mass is 583 g/mol. The molecule has 2 N–H and O–H groups in total. The quantitative estimate of drug-likeness (QED) is 0.255. The largest absolute Gasteiger partial charge is 0.484 e. The number of aliphatic carboxylic acids is 1. The Hall–Kier alpha value is -4.58. The van der Waals surface area contributed by atoms with Crippen LogP contribution in [0.4, 0.5) is 8.78 Å². The number of carbonyl (C=O) groups is 2. The molecular formula is C29H27F2N3O6S. The van der Waals surface area contributed by atoms with Crippen LogP contribution in [-0.4, -0.2) is 53.0 Å². The standard InChI is InChI=1S/C29H27F2N3O6S/c1-41(38,39)15-12-26(29(36)37)33-28(35)24-11-10-23(16-25(24)19-2-6-21(30)7-3-19)40-27(17-34-14-13-32-18-34)20-4-8-22(31)9-5-20/h2-11,13-14,16,18,26-27H,12,15,17H2,1H3,(H,33,35)(H,36,37)/t26-,27?/m0/s1. The van der Waals surface area contributed by atoms with Crippen molar-refractivity contribution in [2.75, 3.05) is 12.0 Å². The smallest absolute Gasteiger partial charge is 0.326 e. The zero-order valence-corrected chi connectivity index (χ0v) is 22.7. The normalized spacial score (nSPS) is 12.9. The summed E-state index contributed by atoms with van der Waals surface area (Å²) >= 11 is 0. The molecule has 0 aliphatic carbocycles. The SMILES string of the molecule is CS(=O)(=O)CC[C@H](NC(=O)c1ccc(OC(Cn2ccnc2)c2ccc(F)cc2)cc1-c1ccc(F)cc1)C(=O)O. The number of carboxylic acids is 1. The van der Waals surface area contributed by atoms with Crippen LogP contribution in [0.5, 0.6) is 5.75 Å². The third-order valence-electron chi connectivity index (χ3n) is 6.23. The highest BCUT2D eigenvalue weighted by Gasteiger charge is 2.25. The molecule has 0 saturated carbocycles. The molecule has 0 fully saturated rings. The second-order valence-electron chi connectivity index (χ2n) is 9.41. The lowest BCUT2D eigenvalue weighted by Gasteiger charge is -2.22. The highest BCUT2D eigenvalue weighted by atomic mass is 32.2. The fourth-order valence-electron chi connectivity index (χ4n) is 4.13. The number of hydrogen-bond donors (Lipinski definition) is 2. The number of halogens is 2. The molecule has 1 aromatic heterocycles. The van der Waals surface area contributed by atoms with Crippen LogP contribution < -0.4 is 10.1 Å². The van der Waals surface area contributed by atoms with E-state index in [4.69, 9.17) is 4.74 Å². The van der Waals surface area contributed by atoms with E-state index in [1.54, 1.807) is 41.5 Å². The third kappa shape index (κ3) is 8.21. The first kappa shape index (κ1) is 29.4. The average Bonchev–Trinajstić information content (AvgIpc) is 3.44. The van der Waals surface area contributed by atoms with E-state index in [1.807, 2.05) is 0 Å². The van der Waals surface area contributed by atoms with Gasteiger partial charge in [-0.1, -0.05) is 24.3 Å². The molecule has 4 aromatic rings. The molecule has 2 atom stereocenters. The average molecular weight is 584 g/mol. The number of aromatic nitrogens is 2. The summed E-state index contributed by atoms with van der Waals surface area (Å²) in [6, 6.07) is 14.3. The number of ether oxygens (including phenoxy) is 1. The Bertz CT molecular complexity index is 1610. The summed E-state index contributed by atoms with van der Waals surface area (Å²) in [5.41, 5.74) is 1.54. The number of hydrogen-bond acceptors (Lipinski definition) is 6. The van der Waals surface area contributed by atoms with Crippen molar-refractivity contribution in [3.63, 3.8) is 0 Å². The fourth-order valence-corrected chi connectivity index (χ4v) is 4.79. The van der Waals surface area contributed by atoms with E-state index in [-0.39, 0.29) is 12.0 Å². The third-order valence-corrected chi connectivity index (χ3v) is 7.20. The first-order valence-electron chi connectivity index (χ1n) is 12.5. The molecule has 0 aliphatic heterocycles. The van der Waals surface area contributed by atoms with Gasteiger partial charge in [0, 0.05) is 24.2 Å². The van der Waals surface area contributed by atoms with Crippen molar-refractivity contribution < 1.29 is 36.6 Å². The van der Waals surface area contributed by atoms with Crippen molar-refractivity contribution in [1.29, 1.82) is 0 Å². The Kier molecular flexibility index (Phi) is 9.13. The lowest BCUT2D eigenvalue weighted by atomic mass is 9.98. The molecule has 0 spiro atoms. The molecule has 1 heterocycles. The lowest BCUT2D eigenvalue weighted by molar-refractivity contribution is -0.139. The van der Waals surface area contributed by atoms with Gasteiger partial charge in [-0.05, 0) is 65.6 Å². The Balaban J connectivity index is 1.68. The Morgan fingerprint density at radius 2 is 1.68 bits per heavy atom. The van der Waals surface area contributed by atoms with Gasteiger partial charge < -0.3 is 19.7 Å². The van der Waals surface area contributed by atoms with Gasteiger partial charge in [-0.25, -0.2) is 27.0 Å². The van der Waals surface area contributed by atoms with Crippen LogP contribution >= 0.6 is 0 Å². The number of nitrogens with one attached hydrogen (secondary N) is 1. The summed E-state index contributed by atoms with van der Waals surface area (Å²) < 4.78 is 58.5. The van der Waals surface area contributed by atoms with Gasteiger partial charge in [0.15, 0.2) is 0 Å². The molecule has 12 heteroatoms. The molecule has 4 rings (SSSR count). The molecule has 9 nitrogen and oxygen atoms in total. The number of rotatable bonds is 12. The predicted octanol–water partition coefficient (Wildman–Crippen LogP) is 4.27. The maximum absolute atomic E-state index is 13.7. The summed E-state index contributed by atoms with van der Waals surface area (Å²) in [5.74, 6) is -3.13. The van der Waals surface area contributed by atoms with Crippen LogP contribution in [0.25, 0.3) is 11.1 Å². The van der Waals surface area contributed by atoms with E-state index in [9.17, 15) is 31.9 Å². The highest BCUT2D eigenvalue weighted by molar-refractivity contribution is 7.90. The molecule has 1 amide bonds. The maximum Gasteiger partial charge on any atom is 0.326 e. The topological polar surface area (TPSA) is 128 Å². The Morgan fingerprint density at radius 1 is 1.02 bits per heavy atom. The van der Waals surface area contributed by atoms with Gasteiger partial charge >= 0.3 is 5.97 Å². The lowest BCUT2D eigenvalue weighted by Crippen LogP contribution is -2.42. The number of carboxylic acid groups (broad SMARTS) is 1. The molecular weight excluding hydrogens is 556 g/mol. The number of benzene rings is 3. The van der Waals surface area contributed by atoms with Gasteiger partial charge in [0.05, 0.1) is 18.6 Å². The molecule has 0 aliphatic rings. The number of sulfone groups is 1. The van der Waals surface area contributed by atoms with Crippen molar-refractivity contribution in [1.82, 2.24) is 14.9 Å². The summed E-state index contributed by atoms with van der Waals surface area (Å²) in [4.78, 5) is 29.0. The summed E-state index contributed by atoms with van der Waals surface area (Å²) in [7, 11) is -3.46. The summed E-state index contributed by atoms with van der Waals surface area (Å²) in [6.45, 7) is 0.334. The van der Waals surface area contributed by atoms with Crippen molar-refractivity contribution in [2.24, 2.45) is 0 Å². The summed E-state index contributed by atoms with van der Waals surface area (Å²) in [5, 5.41) is 11.9. The minimum Gasteiger partial charge on any atom is -0.484 e. The second kappa shape index (κ2) is 12.7. The molecule has 0 saturated heterocycles. The molecule has 1 unspecified atom stereocenters. The molecule has 0 bridgehead atoms. The van der Waals surface area contributed by atoms with Crippen molar-refractivity contribution in [3.05, 3.63) is 108 Å². The fraction of sp³-hybridized carbons (Fsp3) is 0.207. The van der Waals surface area contributed by atoms with Crippen LogP contribution in [-0.2, 0) is 21.2 Å². The van der Waals surface area contributed by atoms with Gasteiger partial charge in [0.2, 0.25) is 0 Å². The second-order valence-corrected chi connectivity index (χ2v) is 11.7. The van der Waals surface area contributed by atoms with Gasteiger partial charge in [0.25, 0.3) is 5.91 Å². The maximum atomic E-state index is 13.7. The van der Waals surface area contributed by atoms with E-state index in [1.165, 1.54) is 48.5 Å². The van der Waals surface area contributed by atoms with Crippen LogP contribution in [0.15, 0.2) is 85.5 Å². The number of carbonyl (C=O) groups excluding carboxylic acids is 1. The van der Waals surface area contributed by atoms with Crippen LogP contribution in [0.1, 0.15) is 28.4 Å². The van der Waals surface area contributed by atoms with Crippen LogP contribution in [0, 0.1) is 11.6 Å². The van der Waals surface area contributed by atoms with Crippen LogP contribution in [0.3, 0.4) is 0 Å². The van der Waals surface area contributed by atoms with Gasteiger partial charge in [-0.2, -0.15) is 0 Å².